The number of fused-ring (bicyclic) bond motifs is 1. The molecule has 2 fully saturated rings. The van der Waals surface area contributed by atoms with Gasteiger partial charge in [0.25, 0.3) is 0 Å². The predicted octanol–water partition coefficient (Wildman–Crippen LogP) is 4.65. The SMILES string of the molecule is C=C1CC[C@H]2[C@@](C)(CCC[C@@]2(C)C(=O)O)[C@@H]1CC[C@H](C)CCO. The molecule has 2 aliphatic rings. The number of hydrogen-bond donors (Lipinski definition) is 2. The van der Waals surface area contributed by atoms with Crippen LogP contribution >= 0.6 is 0 Å². The molecule has 0 radical (unpaired) electrons. The fraction of sp³-hybridized carbons (Fsp3) is 0.850. The molecule has 0 aromatic rings. The summed E-state index contributed by atoms with van der Waals surface area (Å²) in [6, 6.07) is 0. The van der Waals surface area contributed by atoms with Crippen LogP contribution in [0.15, 0.2) is 12.2 Å². The molecule has 0 aliphatic heterocycles. The van der Waals surface area contributed by atoms with Gasteiger partial charge in [-0.25, -0.2) is 0 Å². The van der Waals surface area contributed by atoms with Gasteiger partial charge in [0.15, 0.2) is 0 Å². The Morgan fingerprint density at radius 2 is 2.04 bits per heavy atom. The van der Waals surface area contributed by atoms with Crippen molar-refractivity contribution >= 4 is 5.97 Å². The van der Waals surface area contributed by atoms with Gasteiger partial charge in [-0.2, -0.15) is 0 Å². The normalized spacial score (nSPS) is 38.9. The van der Waals surface area contributed by atoms with Gasteiger partial charge >= 0.3 is 5.97 Å². The van der Waals surface area contributed by atoms with Crippen LogP contribution in [0.2, 0.25) is 0 Å². The molecule has 0 spiro atoms. The zero-order chi connectivity index (χ0) is 17.3. The van der Waals surface area contributed by atoms with Crippen molar-refractivity contribution in [1.29, 1.82) is 0 Å². The second kappa shape index (κ2) is 6.96. The molecule has 2 aliphatic carbocycles. The summed E-state index contributed by atoms with van der Waals surface area (Å²) in [7, 11) is 0. The molecule has 3 heteroatoms. The summed E-state index contributed by atoms with van der Waals surface area (Å²) in [4.78, 5) is 12.0. The van der Waals surface area contributed by atoms with E-state index >= 15 is 0 Å². The molecule has 0 amide bonds. The van der Waals surface area contributed by atoms with Gasteiger partial charge in [0, 0.05) is 6.61 Å². The van der Waals surface area contributed by atoms with E-state index in [2.05, 4.69) is 20.4 Å². The Morgan fingerprint density at radius 1 is 1.35 bits per heavy atom. The van der Waals surface area contributed by atoms with E-state index < -0.39 is 11.4 Å². The number of carboxylic acids is 1. The summed E-state index contributed by atoms with van der Waals surface area (Å²) in [6.07, 6.45) is 7.92. The number of carbonyl (C=O) groups is 1. The van der Waals surface area contributed by atoms with E-state index in [1.807, 2.05) is 6.92 Å². The van der Waals surface area contributed by atoms with Crippen LogP contribution in [-0.2, 0) is 4.79 Å². The quantitative estimate of drug-likeness (QED) is 0.700. The lowest BCUT2D eigenvalue weighted by molar-refractivity contribution is -0.164. The first kappa shape index (κ1) is 18.5. The van der Waals surface area contributed by atoms with E-state index in [1.165, 1.54) is 5.57 Å². The molecule has 0 bridgehead atoms. The van der Waals surface area contributed by atoms with Crippen molar-refractivity contribution in [2.75, 3.05) is 6.61 Å². The van der Waals surface area contributed by atoms with Crippen molar-refractivity contribution < 1.29 is 15.0 Å². The van der Waals surface area contributed by atoms with Gasteiger partial charge in [-0.05, 0) is 68.6 Å². The van der Waals surface area contributed by atoms with Crippen LogP contribution in [0.4, 0.5) is 0 Å². The van der Waals surface area contributed by atoms with Crippen LogP contribution in [-0.4, -0.2) is 22.8 Å². The van der Waals surface area contributed by atoms with Crippen molar-refractivity contribution in [2.45, 2.75) is 72.1 Å². The summed E-state index contributed by atoms with van der Waals surface area (Å²) < 4.78 is 0. The average molecular weight is 322 g/mol. The van der Waals surface area contributed by atoms with E-state index in [-0.39, 0.29) is 17.9 Å². The smallest absolute Gasteiger partial charge is 0.309 e. The molecule has 23 heavy (non-hydrogen) atoms. The van der Waals surface area contributed by atoms with Crippen LogP contribution in [0.5, 0.6) is 0 Å². The highest BCUT2D eigenvalue weighted by Gasteiger charge is 2.57. The summed E-state index contributed by atoms with van der Waals surface area (Å²) >= 11 is 0. The highest BCUT2D eigenvalue weighted by Crippen LogP contribution is 2.62. The zero-order valence-corrected chi connectivity index (χ0v) is 15.1. The third-order valence-corrected chi connectivity index (χ3v) is 7.08. The summed E-state index contributed by atoms with van der Waals surface area (Å²) in [6.45, 7) is 11.1. The van der Waals surface area contributed by atoms with E-state index in [4.69, 9.17) is 5.11 Å². The maximum Gasteiger partial charge on any atom is 0.309 e. The first-order valence-electron chi connectivity index (χ1n) is 9.27. The van der Waals surface area contributed by atoms with Gasteiger partial charge in [-0.15, -0.1) is 0 Å². The largest absolute Gasteiger partial charge is 0.481 e. The predicted molar refractivity (Wildman–Crippen MR) is 93.2 cm³/mol. The Morgan fingerprint density at radius 3 is 2.65 bits per heavy atom. The Kier molecular flexibility index (Phi) is 5.60. The lowest BCUT2D eigenvalue weighted by Crippen LogP contribution is -2.53. The van der Waals surface area contributed by atoms with Crippen molar-refractivity contribution in [3.05, 3.63) is 12.2 Å². The Bertz CT molecular complexity index is 458. The minimum absolute atomic E-state index is 0.0691. The van der Waals surface area contributed by atoms with Gasteiger partial charge < -0.3 is 10.2 Å². The van der Waals surface area contributed by atoms with Crippen molar-refractivity contribution in [1.82, 2.24) is 0 Å². The number of aliphatic carboxylic acids is 1. The number of aliphatic hydroxyl groups is 1. The average Bonchev–Trinajstić information content (AvgIpc) is 2.46. The molecule has 0 heterocycles. The highest BCUT2D eigenvalue weighted by molar-refractivity contribution is 5.75. The molecule has 0 aromatic carbocycles. The number of rotatable bonds is 6. The van der Waals surface area contributed by atoms with E-state index in [0.29, 0.717) is 11.8 Å². The monoisotopic (exact) mass is 322 g/mol. The molecule has 132 valence electrons. The van der Waals surface area contributed by atoms with Crippen molar-refractivity contribution in [3.63, 3.8) is 0 Å². The topological polar surface area (TPSA) is 57.5 Å². The Hall–Kier alpha value is -0.830. The standard InChI is InChI=1S/C20H34O3/c1-14(10-13-21)6-8-16-15(2)7-9-17-19(16,3)11-5-12-20(17,4)18(22)23/h14,16-17,21H,2,5-13H2,1,3-4H3,(H,22,23)/t14-,16+,17-,19-,20+/m0/s1. The van der Waals surface area contributed by atoms with Gasteiger partial charge in [-0.1, -0.05) is 38.8 Å². The van der Waals surface area contributed by atoms with Crippen LogP contribution < -0.4 is 0 Å². The molecular formula is C20H34O3. The maximum absolute atomic E-state index is 12.0. The van der Waals surface area contributed by atoms with Crippen LogP contribution in [0.25, 0.3) is 0 Å². The fourth-order valence-electron chi connectivity index (χ4n) is 5.55. The number of carboxylic acid groups (broad SMARTS) is 1. The second-order valence-corrected chi connectivity index (χ2v) is 8.58. The summed E-state index contributed by atoms with van der Waals surface area (Å²) in [5.74, 6) is 0.589. The van der Waals surface area contributed by atoms with Crippen molar-refractivity contribution in [2.24, 2.45) is 28.6 Å². The molecular weight excluding hydrogens is 288 g/mol. The van der Waals surface area contributed by atoms with Crippen LogP contribution in [0, 0.1) is 28.6 Å². The molecule has 3 nitrogen and oxygen atoms in total. The summed E-state index contributed by atoms with van der Waals surface area (Å²) in [5, 5.41) is 19.0. The number of aliphatic hydroxyl groups excluding tert-OH is 1. The zero-order valence-electron chi connectivity index (χ0n) is 15.1. The highest BCUT2D eigenvalue weighted by atomic mass is 16.4. The molecule has 2 saturated carbocycles. The molecule has 5 atom stereocenters. The van der Waals surface area contributed by atoms with E-state index in [0.717, 1.165) is 51.4 Å². The lowest BCUT2D eigenvalue weighted by Gasteiger charge is -2.57. The molecule has 0 saturated heterocycles. The lowest BCUT2D eigenvalue weighted by atomic mass is 9.46. The first-order chi connectivity index (χ1) is 10.8. The first-order valence-corrected chi connectivity index (χ1v) is 9.27. The minimum Gasteiger partial charge on any atom is -0.481 e. The molecule has 2 rings (SSSR count). The Balaban J connectivity index is 2.21. The third-order valence-electron chi connectivity index (χ3n) is 7.08. The van der Waals surface area contributed by atoms with Gasteiger partial charge in [0.1, 0.15) is 0 Å². The fourth-order valence-corrected chi connectivity index (χ4v) is 5.55. The van der Waals surface area contributed by atoms with Crippen LogP contribution in [0.3, 0.4) is 0 Å². The number of hydrogen-bond acceptors (Lipinski definition) is 2. The molecule has 0 aromatic heterocycles. The van der Waals surface area contributed by atoms with Crippen molar-refractivity contribution in [3.8, 4) is 0 Å². The molecule has 0 unspecified atom stereocenters. The van der Waals surface area contributed by atoms with Crippen LogP contribution in [0.1, 0.15) is 72.1 Å². The minimum atomic E-state index is -0.617. The second-order valence-electron chi connectivity index (χ2n) is 8.58. The van der Waals surface area contributed by atoms with Gasteiger partial charge in [0.05, 0.1) is 5.41 Å². The molecule has 2 N–H and O–H groups in total. The van der Waals surface area contributed by atoms with Gasteiger partial charge in [-0.3, -0.25) is 4.79 Å². The van der Waals surface area contributed by atoms with Gasteiger partial charge in [0.2, 0.25) is 0 Å². The Labute approximate surface area is 141 Å². The summed E-state index contributed by atoms with van der Waals surface area (Å²) in [5.41, 5.74) is 0.817. The third kappa shape index (κ3) is 3.35. The maximum atomic E-state index is 12.0. The number of allylic oxidation sites excluding steroid dienone is 1. The van der Waals surface area contributed by atoms with E-state index in [9.17, 15) is 9.90 Å². The van der Waals surface area contributed by atoms with E-state index in [1.54, 1.807) is 0 Å².